The number of fused-ring (bicyclic) bond motifs is 4. The molecule has 344 valence electrons. The molecule has 2 atom stereocenters. The Kier molecular flexibility index (Phi) is 10.9. The summed E-state index contributed by atoms with van der Waals surface area (Å²) in [7, 11) is 3.05. The highest BCUT2D eigenvalue weighted by Crippen LogP contribution is 2.47. The van der Waals surface area contributed by atoms with Crippen LogP contribution in [0, 0.1) is 11.8 Å². The molecule has 4 fully saturated rings. The minimum absolute atomic E-state index is 0.0423. The molecule has 0 bridgehead atoms. The predicted octanol–water partition coefficient (Wildman–Crippen LogP) is 7.47. The van der Waals surface area contributed by atoms with E-state index in [0.29, 0.717) is 86.1 Å². The average molecular weight is 923 g/mol. The molecule has 5 aromatic rings. The summed E-state index contributed by atoms with van der Waals surface area (Å²) in [6.07, 6.45) is 1.40. The van der Waals surface area contributed by atoms with Crippen molar-refractivity contribution in [1.29, 1.82) is 0 Å². The van der Waals surface area contributed by atoms with E-state index in [1.54, 1.807) is 37.4 Å². The van der Waals surface area contributed by atoms with Gasteiger partial charge in [0, 0.05) is 56.6 Å². The summed E-state index contributed by atoms with van der Waals surface area (Å²) in [5, 5.41) is 14.1. The SMILES string of the molecule is Cn1nc(C2CCC(=O)NC2=O)c2ccc(C3CCN(CC4CCN(c5ncc(Cl)c(Nc6ccc7c(c6)c6c(c(=O)n7C)OCC(F)(F)[C@H](C7CC7)N6)n5)CC4)CC3)c(C(F)(F)F)c21. The number of carbonyl (C=O) groups is 2. The van der Waals surface area contributed by atoms with Gasteiger partial charge in [-0.05, 0) is 99.6 Å². The number of pyridine rings is 1. The molecule has 3 saturated heterocycles. The standard InChI is InChI=1S/C45H48ClF5N10O4/c1-58-32-9-5-26(19-30(32)36-38(42(58)64)65-22-44(47,48)39(55-36)25-3-4-25)53-40-31(46)20-52-43(56-40)61-17-11-23(12-18-61)21-60-15-13-24(14-16-60)27-6-7-28-35(29-8-10-33(62)54-41(29)63)57-59(2)37(28)34(27)45(49,50)51/h5-7,9,19-20,23-25,29,39,55H,3-4,8,10-18,21-22H2,1-2H3,(H,52,53,56)(H,54,62,63)/t29?,39-/m0/s1. The minimum Gasteiger partial charge on any atom is -0.480 e. The lowest BCUT2D eigenvalue weighted by Gasteiger charge is -2.38. The van der Waals surface area contributed by atoms with E-state index >= 15 is 8.78 Å². The van der Waals surface area contributed by atoms with Gasteiger partial charge in [-0.15, -0.1) is 0 Å². The molecule has 20 heteroatoms. The van der Waals surface area contributed by atoms with E-state index in [-0.39, 0.29) is 63.3 Å². The number of nitrogens with one attached hydrogen (secondary N) is 3. The lowest BCUT2D eigenvalue weighted by Crippen LogP contribution is -2.44. The quantitative estimate of drug-likeness (QED) is 0.105. The van der Waals surface area contributed by atoms with Gasteiger partial charge in [-0.3, -0.25) is 24.4 Å². The van der Waals surface area contributed by atoms with Crippen molar-refractivity contribution in [2.75, 3.05) is 54.9 Å². The van der Waals surface area contributed by atoms with Crippen LogP contribution in [0.5, 0.6) is 5.75 Å². The smallest absolute Gasteiger partial charge is 0.418 e. The van der Waals surface area contributed by atoms with Crippen LogP contribution in [0.1, 0.15) is 80.0 Å². The van der Waals surface area contributed by atoms with Crippen molar-refractivity contribution in [3.05, 3.63) is 68.7 Å². The van der Waals surface area contributed by atoms with Crippen LogP contribution in [0.25, 0.3) is 21.8 Å². The van der Waals surface area contributed by atoms with Crippen LogP contribution in [0.15, 0.2) is 41.3 Å². The first-order valence-corrected chi connectivity index (χ1v) is 22.5. The van der Waals surface area contributed by atoms with Gasteiger partial charge in [0.2, 0.25) is 23.5 Å². The molecule has 1 unspecified atom stereocenters. The fraction of sp³-hybridized carbons (Fsp3) is 0.511. The Balaban J connectivity index is 0.787. The van der Waals surface area contributed by atoms with Crippen molar-refractivity contribution in [2.24, 2.45) is 25.9 Å². The number of alkyl halides is 5. The van der Waals surface area contributed by atoms with Crippen LogP contribution in [-0.2, 0) is 29.9 Å². The molecule has 10 rings (SSSR count). The van der Waals surface area contributed by atoms with Crippen LogP contribution in [0.3, 0.4) is 0 Å². The zero-order valence-corrected chi connectivity index (χ0v) is 36.5. The van der Waals surface area contributed by atoms with Gasteiger partial charge in [0.25, 0.3) is 5.56 Å². The first kappa shape index (κ1) is 43.3. The fourth-order valence-corrected chi connectivity index (χ4v) is 10.5. The van der Waals surface area contributed by atoms with Crippen LogP contribution in [-0.4, -0.2) is 92.3 Å². The van der Waals surface area contributed by atoms with Crippen LogP contribution in [0.4, 0.5) is 45.1 Å². The minimum atomic E-state index is -4.64. The summed E-state index contributed by atoms with van der Waals surface area (Å²) >= 11 is 6.61. The Labute approximate surface area is 374 Å². The number of hydrogen-bond acceptors (Lipinski definition) is 11. The Morgan fingerprint density at radius 3 is 2.42 bits per heavy atom. The molecule has 14 nitrogen and oxygen atoms in total. The van der Waals surface area contributed by atoms with Gasteiger partial charge in [-0.25, -0.2) is 13.8 Å². The zero-order chi connectivity index (χ0) is 45.5. The molecule has 1 saturated carbocycles. The first-order chi connectivity index (χ1) is 31.0. The molecule has 2 amide bonds. The van der Waals surface area contributed by atoms with E-state index in [1.807, 2.05) is 0 Å². The third kappa shape index (κ3) is 8.12. The number of benzene rings is 2. The van der Waals surface area contributed by atoms with Crippen LogP contribution < -0.4 is 31.1 Å². The third-order valence-electron chi connectivity index (χ3n) is 14.0. The molecule has 3 N–H and O–H groups in total. The first-order valence-electron chi connectivity index (χ1n) is 22.1. The van der Waals surface area contributed by atoms with Crippen LogP contribution >= 0.6 is 11.6 Å². The molecule has 1 aliphatic carbocycles. The summed E-state index contributed by atoms with van der Waals surface area (Å²) in [5.41, 5.74) is 0.594. The van der Waals surface area contributed by atoms with Gasteiger partial charge in [0.05, 0.1) is 46.1 Å². The second-order valence-corrected chi connectivity index (χ2v) is 18.6. The highest BCUT2D eigenvalue weighted by atomic mass is 35.5. The number of nitrogens with zero attached hydrogens (tertiary/aromatic N) is 7. The summed E-state index contributed by atoms with van der Waals surface area (Å²) in [5.74, 6) is -4.35. The maximum absolute atomic E-state index is 15.2. The van der Waals surface area contributed by atoms with Gasteiger partial charge in [-0.1, -0.05) is 23.7 Å². The Morgan fingerprint density at radius 2 is 1.71 bits per heavy atom. The fourth-order valence-electron chi connectivity index (χ4n) is 10.4. The molecule has 65 heavy (non-hydrogen) atoms. The van der Waals surface area contributed by atoms with Crippen molar-refractivity contribution in [3.63, 3.8) is 0 Å². The number of rotatable bonds is 8. The van der Waals surface area contributed by atoms with E-state index < -0.39 is 53.6 Å². The van der Waals surface area contributed by atoms with Crippen molar-refractivity contribution in [2.45, 2.75) is 81.3 Å². The highest BCUT2D eigenvalue weighted by molar-refractivity contribution is 6.33. The van der Waals surface area contributed by atoms with Gasteiger partial charge >= 0.3 is 12.1 Å². The number of amides is 2. The number of anilines is 4. The number of aromatic nitrogens is 5. The number of likely N-dealkylation sites (tertiary alicyclic amines) is 1. The van der Waals surface area contributed by atoms with E-state index in [9.17, 15) is 27.6 Å². The Morgan fingerprint density at radius 1 is 0.954 bits per heavy atom. The topological polar surface area (TPSA) is 152 Å². The number of ether oxygens (including phenoxy) is 1. The molecule has 2 aromatic carbocycles. The number of aryl methyl sites for hydroxylation is 2. The van der Waals surface area contributed by atoms with Gasteiger partial charge in [-0.2, -0.15) is 23.3 Å². The Bertz CT molecular complexity index is 2780. The molecule has 4 aliphatic heterocycles. The molecular weight excluding hydrogens is 875 g/mol. The van der Waals surface area contributed by atoms with Gasteiger partial charge in [0.15, 0.2) is 12.4 Å². The maximum atomic E-state index is 15.2. The number of piperidine rings is 3. The second-order valence-electron chi connectivity index (χ2n) is 18.2. The van der Waals surface area contributed by atoms with Gasteiger partial charge < -0.3 is 29.7 Å². The van der Waals surface area contributed by atoms with Crippen molar-refractivity contribution < 1.29 is 36.3 Å². The van der Waals surface area contributed by atoms with E-state index in [4.69, 9.17) is 21.3 Å². The number of imide groups is 1. The zero-order valence-electron chi connectivity index (χ0n) is 35.8. The van der Waals surface area contributed by atoms with Crippen molar-refractivity contribution >= 4 is 68.4 Å². The average Bonchev–Trinajstić information content (AvgIpc) is 4.08. The normalized spacial score (nSPS) is 22.4. The number of hydrogen-bond donors (Lipinski definition) is 3. The summed E-state index contributed by atoms with van der Waals surface area (Å²) < 4.78 is 83.2. The maximum Gasteiger partial charge on any atom is 0.418 e. The van der Waals surface area contributed by atoms with Gasteiger partial charge in [0.1, 0.15) is 5.02 Å². The lowest BCUT2D eigenvalue weighted by molar-refractivity contribution is -0.137. The van der Waals surface area contributed by atoms with Crippen molar-refractivity contribution in [1.82, 2.24) is 34.5 Å². The summed E-state index contributed by atoms with van der Waals surface area (Å²) in [4.78, 5) is 51.4. The highest BCUT2D eigenvalue weighted by Gasteiger charge is 2.51. The molecule has 7 heterocycles. The third-order valence-corrected chi connectivity index (χ3v) is 14.2. The molecule has 0 radical (unpaired) electrons. The number of carbonyl (C=O) groups excluding carboxylic acids is 2. The van der Waals surface area contributed by atoms with Crippen LogP contribution in [0.2, 0.25) is 5.02 Å². The number of halogens is 6. The lowest BCUT2D eigenvalue weighted by atomic mass is 9.84. The van der Waals surface area contributed by atoms with E-state index in [1.165, 1.54) is 22.5 Å². The Hall–Kier alpha value is -5.56. The van der Waals surface area contributed by atoms with Crippen molar-refractivity contribution in [3.8, 4) is 5.75 Å². The molecule has 5 aliphatic rings. The molecule has 3 aromatic heterocycles. The second kappa shape index (κ2) is 16.4. The monoisotopic (exact) mass is 922 g/mol. The summed E-state index contributed by atoms with van der Waals surface area (Å²) in [6.45, 7) is 2.64. The van der Waals surface area contributed by atoms with E-state index in [2.05, 4.69) is 35.8 Å². The molecular formula is C45H48ClF5N10O4. The van der Waals surface area contributed by atoms with E-state index in [0.717, 1.165) is 19.4 Å². The molecule has 0 spiro atoms. The summed E-state index contributed by atoms with van der Waals surface area (Å²) in [6, 6.07) is 7.32. The predicted molar refractivity (Wildman–Crippen MR) is 234 cm³/mol. The largest absolute Gasteiger partial charge is 0.480 e.